The van der Waals surface area contributed by atoms with Gasteiger partial charge in [-0.05, 0) is 62.3 Å². The highest BCUT2D eigenvalue weighted by Gasteiger charge is 2.17. The van der Waals surface area contributed by atoms with Crippen LogP contribution in [0.4, 0.5) is 4.79 Å². The van der Waals surface area contributed by atoms with Gasteiger partial charge in [0.25, 0.3) is 0 Å². The first-order valence-electron chi connectivity index (χ1n) is 18.7. The highest BCUT2D eigenvalue weighted by Crippen LogP contribution is 2.09. The average Bonchev–Trinajstić information content (AvgIpc) is 3.02. The van der Waals surface area contributed by atoms with Crippen LogP contribution in [0.3, 0.4) is 0 Å². The molecule has 0 radical (unpaired) electrons. The molecule has 0 aliphatic heterocycles. The summed E-state index contributed by atoms with van der Waals surface area (Å²) in [6, 6.07) is 0. The first-order valence-corrected chi connectivity index (χ1v) is 18.7. The predicted molar refractivity (Wildman–Crippen MR) is 198 cm³/mol. The largest absolute Gasteiger partial charge is 0.460 e. The normalized spacial score (nSPS) is 12.3. The number of nitrogens with zero attached hydrogens (tertiary/aromatic N) is 1. The van der Waals surface area contributed by atoms with E-state index in [-0.39, 0.29) is 24.8 Å². The van der Waals surface area contributed by atoms with Gasteiger partial charge >= 0.3 is 18.0 Å². The monoisotopic (exact) mass is 768 g/mol. The van der Waals surface area contributed by atoms with Gasteiger partial charge in [0.05, 0.1) is 119 Å². The van der Waals surface area contributed by atoms with Gasteiger partial charge in [-0.2, -0.15) is 0 Å². The quantitative estimate of drug-likeness (QED) is 0.0586. The molecule has 0 spiro atoms. The zero-order valence-electron chi connectivity index (χ0n) is 34.2. The third-order valence-corrected chi connectivity index (χ3v) is 6.17. The molecule has 0 aliphatic rings. The van der Waals surface area contributed by atoms with Crippen LogP contribution in [0.2, 0.25) is 0 Å². The summed E-state index contributed by atoms with van der Waals surface area (Å²) in [5, 5.41) is 2.65. The van der Waals surface area contributed by atoms with Crippen LogP contribution in [0.25, 0.3) is 0 Å². The molecule has 0 fully saturated rings. The van der Waals surface area contributed by atoms with Crippen molar-refractivity contribution >= 4 is 18.0 Å². The minimum Gasteiger partial charge on any atom is -0.460 e. The minimum absolute atomic E-state index is 0.207. The highest BCUT2D eigenvalue weighted by atomic mass is 16.6. The Balaban J connectivity index is 4.16. The summed E-state index contributed by atoms with van der Waals surface area (Å²) in [5.74, 6) is -0.564. The summed E-state index contributed by atoms with van der Waals surface area (Å²) >= 11 is 0. The molecule has 0 aromatic carbocycles. The average molecular weight is 769 g/mol. The van der Waals surface area contributed by atoms with E-state index in [0.717, 1.165) is 0 Å². The smallest absolute Gasteiger partial charge is 0.407 e. The molecular formula is C37H72N2O14. The number of nitrogens with one attached hydrogen (secondary N) is 1. The topological polar surface area (TPSA) is 168 Å². The van der Waals surface area contributed by atoms with Crippen molar-refractivity contribution in [2.45, 2.75) is 92.0 Å². The van der Waals surface area contributed by atoms with Crippen molar-refractivity contribution in [1.29, 1.82) is 0 Å². The first kappa shape index (κ1) is 50.9. The molecule has 0 rings (SSSR count). The van der Waals surface area contributed by atoms with Gasteiger partial charge in [0.1, 0.15) is 16.8 Å². The van der Waals surface area contributed by atoms with Crippen LogP contribution >= 0.6 is 0 Å². The van der Waals surface area contributed by atoms with Gasteiger partial charge in [0, 0.05) is 26.2 Å². The Labute approximate surface area is 318 Å². The maximum absolute atomic E-state index is 11.7. The van der Waals surface area contributed by atoms with E-state index >= 15 is 0 Å². The fourth-order valence-corrected chi connectivity index (χ4v) is 3.96. The van der Waals surface area contributed by atoms with Crippen molar-refractivity contribution < 1.29 is 66.5 Å². The molecule has 0 aromatic rings. The van der Waals surface area contributed by atoms with Crippen LogP contribution in [0, 0.1) is 0 Å². The summed E-state index contributed by atoms with van der Waals surface area (Å²) in [6.45, 7) is 25.5. The summed E-state index contributed by atoms with van der Waals surface area (Å²) in [6.07, 6.45) is -0.0556. The van der Waals surface area contributed by atoms with E-state index in [0.29, 0.717) is 132 Å². The van der Waals surface area contributed by atoms with Gasteiger partial charge in [0.15, 0.2) is 0 Å². The zero-order chi connectivity index (χ0) is 39.9. The maximum atomic E-state index is 11.7. The number of hydrogen-bond acceptors (Lipinski definition) is 15. The number of esters is 2. The molecule has 1 amide bonds. The molecule has 0 aromatic heterocycles. The number of carbonyl (C=O) groups is 3. The lowest BCUT2D eigenvalue weighted by molar-refractivity contribution is -0.157. The standard InChI is InChI=1S/C37H72N2O14/c1-35(2,3)51-32(40)10-16-43-22-28-49-30-26-47-20-14-39(13-19-46-25-24-45-18-12-38-34(42)53-37(7,8)9)15-21-48-27-31-50-29-23-44-17-11-33(41)52-36(4,5)6/h10-31H2,1-9H3,(H,38,42). The molecule has 0 bridgehead atoms. The fraction of sp³-hybridized carbons (Fsp3) is 0.919. The van der Waals surface area contributed by atoms with E-state index in [1.807, 2.05) is 62.3 Å². The molecule has 0 heterocycles. The number of hydrogen-bond donors (Lipinski definition) is 1. The van der Waals surface area contributed by atoms with Gasteiger partial charge in [-0.15, -0.1) is 0 Å². The highest BCUT2D eigenvalue weighted by molar-refractivity contribution is 5.70. The second-order valence-corrected chi connectivity index (χ2v) is 14.8. The van der Waals surface area contributed by atoms with Crippen LogP contribution in [-0.4, -0.2) is 172 Å². The summed E-state index contributed by atoms with van der Waals surface area (Å²) in [4.78, 5) is 37.3. The van der Waals surface area contributed by atoms with Crippen molar-refractivity contribution in [3.63, 3.8) is 0 Å². The molecule has 0 saturated carbocycles. The third kappa shape index (κ3) is 40.9. The molecule has 0 unspecified atom stereocenters. The molecule has 16 heteroatoms. The molecule has 53 heavy (non-hydrogen) atoms. The number of amides is 1. The molecular weight excluding hydrogens is 696 g/mol. The number of alkyl carbamates (subject to hydrolysis) is 1. The van der Waals surface area contributed by atoms with Crippen molar-refractivity contribution in [3.8, 4) is 0 Å². The van der Waals surface area contributed by atoms with E-state index in [4.69, 9.17) is 52.1 Å². The van der Waals surface area contributed by atoms with Crippen molar-refractivity contribution in [1.82, 2.24) is 10.2 Å². The molecule has 16 nitrogen and oxygen atoms in total. The Kier molecular flexibility index (Phi) is 29.8. The van der Waals surface area contributed by atoms with Crippen molar-refractivity contribution in [2.24, 2.45) is 0 Å². The fourth-order valence-electron chi connectivity index (χ4n) is 3.96. The third-order valence-electron chi connectivity index (χ3n) is 6.17. The summed E-state index contributed by atoms with van der Waals surface area (Å²) < 4.78 is 60.5. The molecule has 314 valence electrons. The van der Waals surface area contributed by atoms with Crippen LogP contribution in [0.1, 0.15) is 75.2 Å². The lowest BCUT2D eigenvalue weighted by Crippen LogP contribution is -2.35. The minimum atomic E-state index is -0.542. The van der Waals surface area contributed by atoms with E-state index in [1.165, 1.54) is 0 Å². The van der Waals surface area contributed by atoms with Gasteiger partial charge in [-0.3, -0.25) is 14.5 Å². The Bertz CT molecular complexity index is 869. The van der Waals surface area contributed by atoms with Gasteiger partial charge in [-0.1, -0.05) is 0 Å². The van der Waals surface area contributed by atoms with Crippen molar-refractivity contribution in [3.05, 3.63) is 0 Å². The molecule has 0 aliphatic carbocycles. The second kappa shape index (κ2) is 31.1. The summed E-state index contributed by atoms with van der Waals surface area (Å²) in [7, 11) is 0. The Morgan fingerprint density at radius 2 is 0.679 bits per heavy atom. The van der Waals surface area contributed by atoms with E-state index in [2.05, 4.69) is 10.2 Å². The second-order valence-electron chi connectivity index (χ2n) is 14.8. The van der Waals surface area contributed by atoms with Crippen LogP contribution in [-0.2, 0) is 61.7 Å². The van der Waals surface area contributed by atoms with Gasteiger partial charge in [0.2, 0.25) is 0 Å². The van der Waals surface area contributed by atoms with Gasteiger partial charge < -0.3 is 57.4 Å². The Hall–Kier alpha value is -2.15. The number of ether oxygens (including phenoxy) is 11. The molecule has 1 N–H and O–H groups in total. The van der Waals surface area contributed by atoms with Crippen LogP contribution < -0.4 is 5.32 Å². The SMILES string of the molecule is CC(C)(C)OC(=O)CCOCCOCCOCCN(CCOCCOCCNC(=O)OC(C)(C)C)CCOCCOCCOCCC(=O)OC(C)(C)C. The number of carbonyl (C=O) groups excluding carboxylic acids is 3. The molecule has 0 atom stereocenters. The lowest BCUT2D eigenvalue weighted by Gasteiger charge is -2.22. The van der Waals surface area contributed by atoms with Crippen LogP contribution in [0.15, 0.2) is 0 Å². The van der Waals surface area contributed by atoms with Crippen molar-refractivity contribution in [2.75, 3.05) is 132 Å². The lowest BCUT2D eigenvalue weighted by atomic mass is 10.2. The zero-order valence-corrected chi connectivity index (χ0v) is 34.2. The molecule has 0 saturated heterocycles. The van der Waals surface area contributed by atoms with E-state index in [9.17, 15) is 14.4 Å². The maximum Gasteiger partial charge on any atom is 0.407 e. The van der Waals surface area contributed by atoms with E-state index in [1.54, 1.807) is 0 Å². The Morgan fingerprint density at radius 3 is 1.00 bits per heavy atom. The van der Waals surface area contributed by atoms with E-state index < -0.39 is 22.9 Å². The van der Waals surface area contributed by atoms with Gasteiger partial charge in [-0.25, -0.2) is 4.79 Å². The summed E-state index contributed by atoms with van der Waals surface area (Å²) in [5.41, 5.74) is -1.54. The Morgan fingerprint density at radius 1 is 0.396 bits per heavy atom. The van der Waals surface area contributed by atoms with Crippen LogP contribution in [0.5, 0.6) is 0 Å². The predicted octanol–water partition coefficient (Wildman–Crippen LogP) is 3.41. The first-order chi connectivity index (χ1) is 25.0. The number of rotatable bonds is 33.